The van der Waals surface area contributed by atoms with Crippen molar-refractivity contribution in [3.8, 4) is 0 Å². The van der Waals surface area contributed by atoms with E-state index in [2.05, 4.69) is 10.4 Å². The monoisotopic (exact) mass is 383 g/mol. The third kappa shape index (κ3) is 3.57. The Morgan fingerprint density at radius 2 is 1.93 bits per heavy atom. The molecule has 0 spiro atoms. The lowest BCUT2D eigenvalue weighted by Gasteiger charge is -2.36. The van der Waals surface area contributed by atoms with Crippen molar-refractivity contribution in [3.05, 3.63) is 47.3 Å². The number of rotatable bonds is 4. The molecule has 0 aliphatic heterocycles. The third-order valence-electron chi connectivity index (χ3n) is 5.06. The second kappa shape index (κ2) is 6.35. The molecule has 2 aromatic rings. The van der Waals surface area contributed by atoms with Gasteiger partial charge in [-0.2, -0.15) is 18.3 Å². The van der Waals surface area contributed by atoms with Crippen LogP contribution in [0.5, 0.6) is 0 Å². The lowest BCUT2D eigenvalue weighted by molar-refractivity contribution is -0.137. The number of hydrogen-bond acceptors (Lipinski definition) is 2. The van der Waals surface area contributed by atoms with E-state index in [1.807, 2.05) is 6.92 Å². The summed E-state index contributed by atoms with van der Waals surface area (Å²) in [7, 11) is 0. The van der Waals surface area contributed by atoms with Gasteiger partial charge in [0.15, 0.2) is 0 Å². The normalized spacial score (nSPS) is 16.7. The van der Waals surface area contributed by atoms with E-state index < -0.39 is 28.9 Å². The van der Waals surface area contributed by atoms with E-state index in [4.69, 9.17) is 0 Å². The molecule has 27 heavy (non-hydrogen) atoms. The molecule has 0 saturated heterocycles. The zero-order valence-electron chi connectivity index (χ0n) is 15.3. The second-order valence-corrected chi connectivity index (χ2v) is 7.55. The summed E-state index contributed by atoms with van der Waals surface area (Å²) in [4.78, 5) is 12.8. The summed E-state index contributed by atoms with van der Waals surface area (Å²) >= 11 is 0. The Labute approximate surface area is 154 Å². The largest absolute Gasteiger partial charge is 0.416 e. The number of amides is 1. The van der Waals surface area contributed by atoms with E-state index in [9.17, 15) is 18.0 Å². The highest BCUT2D eigenvalue weighted by Crippen LogP contribution is 2.49. The molecule has 1 amide bonds. The fourth-order valence-corrected chi connectivity index (χ4v) is 3.05. The standard InChI is InChI=1S/C19H21F4N3O/c1-12-10-24-26(11-12)17(2,3)16(27)25-15-6-5-13(19(21,22)23)9-14(15)18(20)7-4-8-18/h5-6,9-11H,4,7-8H2,1-3H3,(H,25,27). The molecule has 1 heterocycles. The Hall–Kier alpha value is -2.38. The van der Waals surface area contributed by atoms with Gasteiger partial charge in [0.2, 0.25) is 0 Å². The van der Waals surface area contributed by atoms with Crippen LogP contribution >= 0.6 is 0 Å². The molecule has 0 unspecified atom stereocenters. The van der Waals surface area contributed by atoms with Crippen molar-refractivity contribution in [1.82, 2.24) is 9.78 Å². The number of anilines is 1. The predicted molar refractivity (Wildman–Crippen MR) is 93.0 cm³/mol. The Balaban J connectivity index is 1.95. The highest BCUT2D eigenvalue weighted by atomic mass is 19.4. The molecule has 1 aromatic heterocycles. The molecular weight excluding hydrogens is 362 g/mol. The first-order valence-electron chi connectivity index (χ1n) is 8.67. The van der Waals surface area contributed by atoms with Crippen LogP contribution in [0.15, 0.2) is 30.6 Å². The van der Waals surface area contributed by atoms with Crippen LogP contribution in [-0.4, -0.2) is 15.7 Å². The molecule has 1 aromatic carbocycles. The summed E-state index contributed by atoms with van der Waals surface area (Å²) in [5.41, 5.74) is -3.07. The van der Waals surface area contributed by atoms with Crippen molar-refractivity contribution in [2.24, 2.45) is 0 Å². The highest BCUT2D eigenvalue weighted by Gasteiger charge is 2.43. The van der Waals surface area contributed by atoms with Crippen LogP contribution in [0.2, 0.25) is 0 Å². The number of hydrogen-bond donors (Lipinski definition) is 1. The number of nitrogens with one attached hydrogen (secondary N) is 1. The van der Waals surface area contributed by atoms with E-state index in [1.54, 1.807) is 26.2 Å². The van der Waals surface area contributed by atoms with Crippen molar-refractivity contribution >= 4 is 11.6 Å². The van der Waals surface area contributed by atoms with Crippen LogP contribution in [0.25, 0.3) is 0 Å². The van der Waals surface area contributed by atoms with Gasteiger partial charge in [-0.15, -0.1) is 0 Å². The lowest BCUT2D eigenvalue weighted by atomic mass is 9.75. The number of nitrogens with zero attached hydrogens (tertiary/aromatic N) is 2. The highest BCUT2D eigenvalue weighted by molar-refractivity contribution is 5.96. The molecule has 1 aliphatic rings. The minimum Gasteiger partial charge on any atom is -0.324 e. The van der Waals surface area contributed by atoms with E-state index in [1.165, 1.54) is 4.68 Å². The summed E-state index contributed by atoms with van der Waals surface area (Å²) in [6, 6.07) is 2.78. The molecule has 1 aliphatic carbocycles. The van der Waals surface area contributed by atoms with Gasteiger partial charge < -0.3 is 5.32 Å². The van der Waals surface area contributed by atoms with Gasteiger partial charge in [-0.25, -0.2) is 4.39 Å². The summed E-state index contributed by atoms with van der Waals surface area (Å²) in [6.45, 7) is 5.09. The fourth-order valence-electron chi connectivity index (χ4n) is 3.05. The summed E-state index contributed by atoms with van der Waals surface area (Å²) in [5.74, 6) is -0.491. The molecule has 146 valence electrons. The second-order valence-electron chi connectivity index (χ2n) is 7.55. The van der Waals surface area contributed by atoms with Gasteiger partial charge in [0.05, 0.1) is 11.8 Å². The quantitative estimate of drug-likeness (QED) is 0.761. The molecule has 8 heteroatoms. The van der Waals surface area contributed by atoms with E-state index in [0.29, 0.717) is 6.42 Å². The average Bonchev–Trinajstić information content (AvgIpc) is 2.99. The van der Waals surface area contributed by atoms with Crippen LogP contribution in [-0.2, 0) is 22.2 Å². The number of aryl methyl sites for hydroxylation is 1. The van der Waals surface area contributed by atoms with Crippen molar-refractivity contribution in [1.29, 1.82) is 0 Å². The topological polar surface area (TPSA) is 46.9 Å². The smallest absolute Gasteiger partial charge is 0.324 e. The minimum absolute atomic E-state index is 0.0622. The van der Waals surface area contributed by atoms with Crippen molar-refractivity contribution in [2.45, 2.75) is 57.4 Å². The summed E-state index contributed by atoms with van der Waals surface area (Å²) in [5, 5.41) is 6.73. The SMILES string of the molecule is Cc1cnn(C(C)(C)C(=O)Nc2ccc(C(F)(F)F)cc2C2(F)CCC2)c1. The zero-order valence-corrected chi connectivity index (χ0v) is 15.3. The number of benzene rings is 1. The fraction of sp³-hybridized carbons (Fsp3) is 0.474. The first-order chi connectivity index (χ1) is 12.4. The van der Waals surface area contributed by atoms with E-state index >= 15 is 4.39 Å². The minimum atomic E-state index is -4.58. The Kier molecular flexibility index (Phi) is 4.56. The number of aromatic nitrogens is 2. The van der Waals surface area contributed by atoms with Gasteiger partial charge in [0, 0.05) is 17.4 Å². The Morgan fingerprint density at radius 3 is 2.41 bits per heavy atom. The molecule has 3 rings (SSSR count). The molecule has 0 radical (unpaired) electrons. The first-order valence-corrected chi connectivity index (χ1v) is 8.67. The van der Waals surface area contributed by atoms with E-state index in [-0.39, 0.29) is 24.1 Å². The van der Waals surface area contributed by atoms with Gasteiger partial charge in [-0.05, 0) is 63.8 Å². The average molecular weight is 383 g/mol. The van der Waals surface area contributed by atoms with Gasteiger partial charge in [0.25, 0.3) is 5.91 Å². The van der Waals surface area contributed by atoms with Gasteiger partial charge in [-0.3, -0.25) is 9.48 Å². The number of carbonyl (C=O) groups excluding carboxylic acids is 1. The molecule has 4 nitrogen and oxygen atoms in total. The Bertz CT molecular complexity index is 866. The van der Waals surface area contributed by atoms with Crippen molar-refractivity contribution < 1.29 is 22.4 Å². The summed E-state index contributed by atoms with van der Waals surface area (Å²) < 4.78 is 55.7. The van der Waals surface area contributed by atoms with Crippen molar-refractivity contribution in [3.63, 3.8) is 0 Å². The maximum atomic E-state index is 15.0. The third-order valence-corrected chi connectivity index (χ3v) is 5.06. The van der Waals surface area contributed by atoms with Crippen LogP contribution < -0.4 is 5.32 Å². The van der Waals surface area contributed by atoms with Crippen LogP contribution in [0.3, 0.4) is 0 Å². The maximum Gasteiger partial charge on any atom is 0.416 e. The lowest BCUT2D eigenvalue weighted by Crippen LogP contribution is -2.41. The summed E-state index contributed by atoms with van der Waals surface area (Å²) in [6.07, 6.45) is -0.418. The molecule has 1 saturated carbocycles. The predicted octanol–water partition coefficient (Wildman–Crippen LogP) is 4.93. The maximum absolute atomic E-state index is 15.0. The van der Waals surface area contributed by atoms with Gasteiger partial charge in [-0.1, -0.05) is 0 Å². The number of carbonyl (C=O) groups is 1. The number of halogens is 4. The molecular formula is C19H21F4N3O. The van der Waals surface area contributed by atoms with Gasteiger partial charge >= 0.3 is 6.18 Å². The molecule has 0 bridgehead atoms. The molecule has 1 fully saturated rings. The van der Waals surface area contributed by atoms with Crippen LogP contribution in [0.1, 0.15) is 49.8 Å². The van der Waals surface area contributed by atoms with Gasteiger partial charge in [0.1, 0.15) is 11.2 Å². The van der Waals surface area contributed by atoms with Crippen LogP contribution in [0, 0.1) is 6.92 Å². The first kappa shape index (κ1) is 19.4. The molecule has 0 atom stereocenters. The van der Waals surface area contributed by atoms with E-state index in [0.717, 1.165) is 23.8 Å². The molecule has 1 N–H and O–H groups in total. The number of alkyl halides is 4. The Morgan fingerprint density at radius 1 is 1.26 bits per heavy atom. The van der Waals surface area contributed by atoms with Crippen LogP contribution in [0.4, 0.5) is 23.2 Å². The van der Waals surface area contributed by atoms with Crippen molar-refractivity contribution in [2.75, 3.05) is 5.32 Å². The zero-order chi connectivity index (χ0) is 20.0.